The number of nitrogens with one attached hydrogen (secondary N) is 1. The second-order valence-corrected chi connectivity index (χ2v) is 5.24. The van der Waals surface area contributed by atoms with Crippen LogP contribution in [0.4, 0.5) is 5.82 Å². The zero-order valence-corrected chi connectivity index (χ0v) is 11.3. The minimum atomic E-state index is -0.302. The maximum Gasteiger partial charge on any atom is 0.240 e. The van der Waals surface area contributed by atoms with Gasteiger partial charge in [-0.25, -0.2) is 9.97 Å². The Labute approximate surface area is 120 Å². The third kappa shape index (κ3) is 1.74. The number of nitrogens with two attached hydrogens (primary N) is 1. The number of amides is 1. The fourth-order valence-electron chi connectivity index (χ4n) is 3.09. The minimum Gasteiger partial charge on any atom is -0.368 e. The summed E-state index contributed by atoms with van der Waals surface area (Å²) in [6.45, 7) is 0.781. The molecule has 1 fully saturated rings. The van der Waals surface area contributed by atoms with Crippen LogP contribution in [0.3, 0.4) is 0 Å². The van der Waals surface area contributed by atoms with Crippen LogP contribution in [-0.4, -0.2) is 38.7 Å². The van der Waals surface area contributed by atoms with Gasteiger partial charge < -0.3 is 10.6 Å². The highest BCUT2D eigenvalue weighted by molar-refractivity contribution is 6.10. The monoisotopic (exact) mass is 282 g/mol. The molecule has 1 unspecified atom stereocenters. The molecule has 3 aromatic heterocycles. The summed E-state index contributed by atoms with van der Waals surface area (Å²) in [7, 11) is 0. The van der Waals surface area contributed by atoms with Crippen molar-refractivity contribution in [1.82, 2.24) is 20.2 Å². The molecule has 0 bridgehead atoms. The Hall–Kier alpha value is -2.70. The van der Waals surface area contributed by atoms with Crippen LogP contribution in [0.15, 0.2) is 24.7 Å². The van der Waals surface area contributed by atoms with E-state index in [0.29, 0.717) is 5.65 Å². The van der Waals surface area contributed by atoms with Gasteiger partial charge in [-0.1, -0.05) is 0 Å². The van der Waals surface area contributed by atoms with Gasteiger partial charge in [0.1, 0.15) is 11.9 Å². The van der Waals surface area contributed by atoms with Crippen molar-refractivity contribution >= 4 is 33.5 Å². The van der Waals surface area contributed by atoms with Crippen molar-refractivity contribution in [2.24, 2.45) is 5.73 Å². The maximum atomic E-state index is 11.7. The molecule has 1 atom stereocenters. The van der Waals surface area contributed by atoms with E-state index in [2.05, 4.69) is 20.2 Å². The van der Waals surface area contributed by atoms with Gasteiger partial charge in [-0.05, 0) is 18.9 Å². The summed E-state index contributed by atoms with van der Waals surface area (Å²) in [4.78, 5) is 22.2. The van der Waals surface area contributed by atoms with Gasteiger partial charge in [0.05, 0.1) is 6.20 Å². The smallest absolute Gasteiger partial charge is 0.240 e. The SMILES string of the molecule is NC(=O)C1CCCN1c1[nH]ncc2cnc3nccc3c12. The van der Waals surface area contributed by atoms with Gasteiger partial charge >= 0.3 is 0 Å². The molecule has 1 saturated heterocycles. The number of primary amides is 1. The lowest BCUT2D eigenvalue weighted by atomic mass is 10.1. The van der Waals surface area contributed by atoms with E-state index in [9.17, 15) is 4.79 Å². The number of rotatable bonds is 2. The number of nitrogens with zero attached hydrogens (tertiary/aromatic N) is 4. The number of carbonyl (C=O) groups is 1. The van der Waals surface area contributed by atoms with E-state index < -0.39 is 0 Å². The molecule has 7 heteroatoms. The van der Waals surface area contributed by atoms with Crippen LogP contribution in [0.5, 0.6) is 0 Å². The van der Waals surface area contributed by atoms with Crippen molar-refractivity contribution in [3.8, 4) is 0 Å². The summed E-state index contributed by atoms with van der Waals surface area (Å²) in [5.41, 5.74) is 6.22. The van der Waals surface area contributed by atoms with Crippen molar-refractivity contribution < 1.29 is 4.79 Å². The fraction of sp³-hybridized carbons (Fsp3) is 0.286. The first-order valence-electron chi connectivity index (χ1n) is 6.88. The molecule has 0 radical (unpaired) electrons. The van der Waals surface area contributed by atoms with Crippen molar-refractivity contribution in [1.29, 1.82) is 0 Å². The predicted octanol–water partition coefficient (Wildman–Crippen LogP) is 0.960. The van der Waals surface area contributed by atoms with Crippen molar-refractivity contribution in [2.75, 3.05) is 11.4 Å². The Balaban J connectivity index is 2.00. The molecule has 21 heavy (non-hydrogen) atoms. The molecule has 3 aromatic rings. The molecule has 1 amide bonds. The van der Waals surface area contributed by atoms with Crippen LogP contribution in [0.2, 0.25) is 0 Å². The number of fused-ring (bicyclic) bond motifs is 3. The molecule has 0 spiro atoms. The first-order chi connectivity index (χ1) is 10.3. The molecule has 106 valence electrons. The average molecular weight is 282 g/mol. The van der Waals surface area contributed by atoms with Crippen LogP contribution < -0.4 is 10.6 Å². The summed E-state index contributed by atoms with van der Waals surface area (Å²) >= 11 is 0. The third-order valence-corrected chi connectivity index (χ3v) is 4.04. The standard InChI is InChI=1S/C14H14N6O/c15-12(21)10-2-1-5-20(10)14-11-8(7-18-19-14)6-17-13-9(11)3-4-16-13/h3-4,6-7,10,19H,1-2,5H2,(H2,15,21). The van der Waals surface area contributed by atoms with Crippen molar-refractivity contribution in [2.45, 2.75) is 18.9 Å². The first kappa shape index (κ1) is 12.1. The van der Waals surface area contributed by atoms with E-state index >= 15 is 0 Å². The van der Waals surface area contributed by atoms with Gasteiger partial charge in [-0.3, -0.25) is 9.89 Å². The second kappa shape index (κ2) is 4.41. The molecule has 0 aliphatic carbocycles. The predicted molar refractivity (Wildman–Crippen MR) is 78.8 cm³/mol. The van der Waals surface area contributed by atoms with E-state index in [1.807, 2.05) is 11.0 Å². The normalized spacial score (nSPS) is 18.7. The molecule has 4 rings (SSSR count). The van der Waals surface area contributed by atoms with Crippen LogP contribution >= 0.6 is 0 Å². The highest BCUT2D eigenvalue weighted by Crippen LogP contribution is 2.33. The van der Waals surface area contributed by atoms with E-state index in [1.54, 1.807) is 18.6 Å². The Bertz CT molecular complexity index is 842. The van der Waals surface area contributed by atoms with Gasteiger partial charge in [0.15, 0.2) is 5.65 Å². The average Bonchev–Trinajstić information content (AvgIpc) is 3.15. The van der Waals surface area contributed by atoms with E-state index in [1.165, 1.54) is 0 Å². The van der Waals surface area contributed by atoms with Gasteiger partial charge in [0.2, 0.25) is 5.91 Å². The van der Waals surface area contributed by atoms with Crippen molar-refractivity contribution in [3.63, 3.8) is 0 Å². The Morgan fingerprint density at radius 3 is 3.14 bits per heavy atom. The largest absolute Gasteiger partial charge is 0.368 e. The molecule has 4 heterocycles. The molecule has 1 aliphatic rings. The minimum absolute atomic E-state index is 0.292. The van der Waals surface area contributed by atoms with Crippen LogP contribution in [0, 0.1) is 0 Å². The molecule has 3 N–H and O–H groups in total. The maximum absolute atomic E-state index is 11.7. The number of hydrogen-bond acceptors (Lipinski definition) is 5. The van der Waals surface area contributed by atoms with E-state index in [4.69, 9.17) is 5.73 Å². The second-order valence-electron chi connectivity index (χ2n) is 5.24. The number of aromatic amines is 1. The topological polar surface area (TPSA) is 101 Å². The summed E-state index contributed by atoms with van der Waals surface area (Å²) in [6.07, 6.45) is 6.92. The summed E-state index contributed by atoms with van der Waals surface area (Å²) < 4.78 is 0. The van der Waals surface area contributed by atoms with Crippen LogP contribution in [0.25, 0.3) is 21.8 Å². The number of pyridine rings is 1. The van der Waals surface area contributed by atoms with E-state index in [-0.39, 0.29) is 11.9 Å². The lowest BCUT2D eigenvalue weighted by Crippen LogP contribution is -2.40. The Kier molecular flexibility index (Phi) is 2.53. The first-order valence-corrected chi connectivity index (χ1v) is 6.88. The summed E-state index contributed by atoms with van der Waals surface area (Å²) in [5, 5.41) is 10.1. The Morgan fingerprint density at radius 1 is 1.38 bits per heavy atom. The quantitative estimate of drug-likeness (QED) is 0.729. The van der Waals surface area contributed by atoms with Gasteiger partial charge in [0, 0.05) is 35.1 Å². The summed E-state index contributed by atoms with van der Waals surface area (Å²) in [6, 6.07) is 1.64. The van der Waals surface area contributed by atoms with Crippen LogP contribution in [0.1, 0.15) is 12.8 Å². The number of anilines is 1. The lowest BCUT2D eigenvalue weighted by molar-refractivity contribution is -0.119. The highest BCUT2D eigenvalue weighted by Gasteiger charge is 2.31. The van der Waals surface area contributed by atoms with Crippen molar-refractivity contribution in [3.05, 3.63) is 24.7 Å². The number of hydrogen-bond donors (Lipinski definition) is 2. The van der Waals surface area contributed by atoms with E-state index in [0.717, 1.165) is 41.4 Å². The zero-order valence-electron chi connectivity index (χ0n) is 11.3. The van der Waals surface area contributed by atoms with Gasteiger partial charge in [0.25, 0.3) is 0 Å². The third-order valence-electron chi connectivity index (χ3n) is 4.04. The van der Waals surface area contributed by atoms with Gasteiger partial charge in [-0.15, -0.1) is 0 Å². The zero-order chi connectivity index (χ0) is 14.4. The molecule has 1 aliphatic heterocycles. The number of H-pyrrole nitrogens is 1. The molecule has 7 nitrogen and oxygen atoms in total. The fourth-order valence-corrected chi connectivity index (χ4v) is 3.09. The molecule has 0 aromatic carbocycles. The number of carbonyl (C=O) groups excluding carboxylic acids is 1. The molecular weight excluding hydrogens is 268 g/mol. The molecular formula is C14H14N6O. The van der Waals surface area contributed by atoms with Gasteiger partial charge in [-0.2, -0.15) is 5.10 Å². The number of aromatic nitrogens is 4. The Morgan fingerprint density at radius 2 is 2.29 bits per heavy atom. The van der Waals surface area contributed by atoms with Crippen LogP contribution in [-0.2, 0) is 4.79 Å². The highest BCUT2D eigenvalue weighted by atomic mass is 16.1. The summed E-state index contributed by atoms with van der Waals surface area (Å²) in [5.74, 6) is 0.512. The lowest BCUT2D eigenvalue weighted by Gasteiger charge is -2.25. The molecule has 0 saturated carbocycles.